The Morgan fingerprint density at radius 2 is 1.48 bits per heavy atom. The molecule has 17 heteroatoms. The summed E-state index contributed by atoms with van der Waals surface area (Å²) in [6.07, 6.45) is -1.55. The quantitative estimate of drug-likeness (QED) is 0.149. The fraction of sp³-hybridized carbons (Fsp3) is 0.323. The number of halogens is 6. The second-order valence-corrected chi connectivity index (χ2v) is 11.2. The summed E-state index contributed by atoms with van der Waals surface area (Å²) in [6.45, 7) is 0.401. The van der Waals surface area contributed by atoms with E-state index in [0.29, 0.717) is 10.6 Å². The number of Topliss-reactive ketones (excluding diaryl/α,β-unsaturated/α-hetero) is 1. The maximum absolute atomic E-state index is 14.8. The van der Waals surface area contributed by atoms with Crippen molar-refractivity contribution in [3.8, 4) is 0 Å². The van der Waals surface area contributed by atoms with Crippen LogP contribution >= 0.6 is 11.6 Å². The van der Waals surface area contributed by atoms with Gasteiger partial charge in [0.25, 0.3) is 11.8 Å². The van der Waals surface area contributed by atoms with E-state index in [4.69, 9.17) is 11.6 Å². The van der Waals surface area contributed by atoms with E-state index < -0.39 is 72.1 Å². The zero-order valence-electron chi connectivity index (χ0n) is 25.4. The maximum atomic E-state index is 14.8. The van der Waals surface area contributed by atoms with E-state index in [-0.39, 0.29) is 17.5 Å². The van der Waals surface area contributed by atoms with Gasteiger partial charge in [-0.05, 0) is 29.2 Å². The number of carbonyl (C=O) groups excluding carboxylic acids is 5. The second-order valence-electron chi connectivity index (χ2n) is 10.8. The Balaban J connectivity index is 1.90. The normalized spacial score (nSPS) is 13.5. The molecule has 3 atom stereocenters. The average molecular weight is 697 g/mol. The first-order valence-corrected chi connectivity index (χ1v) is 14.6. The van der Waals surface area contributed by atoms with Crippen molar-refractivity contribution >= 4 is 41.0 Å². The number of rotatable bonds is 14. The largest absolute Gasteiger partial charge is 0.405 e. The molecule has 0 spiro atoms. The van der Waals surface area contributed by atoms with Crippen molar-refractivity contribution in [2.45, 2.75) is 50.5 Å². The second kappa shape index (κ2) is 16.2. The Labute approximate surface area is 276 Å². The molecule has 0 aliphatic rings. The lowest BCUT2D eigenvalue weighted by molar-refractivity contribution is -0.165. The molecule has 0 saturated carbocycles. The number of benzene rings is 2. The summed E-state index contributed by atoms with van der Waals surface area (Å²) in [7, 11) is 0. The number of ketones is 1. The van der Waals surface area contributed by atoms with E-state index >= 15 is 0 Å². The first-order valence-electron chi connectivity index (χ1n) is 14.2. The van der Waals surface area contributed by atoms with Crippen LogP contribution < -0.4 is 21.3 Å². The van der Waals surface area contributed by atoms with Crippen LogP contribution in [0.3, 0.4) is 0 Å². The Bertz CT molecular complexity index is 1610. The highest BCUT2D eigenvalue weighted by atomic mass is 35.5. The number of alkyl halides is 5. The van der Waals surface area contributed by atoms with E-state index in [1.165, 1.54) is 56.8 Å². The minimum absolute atomic E-state index is 0.0113. The predicted octanol–water partition coefficient (Wildman–Crippen LogP) is 3.35. The van der Waals surface area contributed by atoms with E-state index in [9.17, 15) is 45.9 Å². The number of amides is 4. The monoisotopic (exact) mass is 696 g/mol. The molecule has 3 unspecified atom stereocenters. The zero-order chi connectivity index (χ0) is 35.6. The molecule has 4 amide bonds. The minimum Gasteiger partial charge on any atom is -0.344 e. The van der Waals surface area contributed by atoms with Crippen LogP contribution in [0.5, 0.6) is 0 Å². The first-order chi connectivity index (χ1) is 22.5. The van der Waals surface area contributed by atoms with Crippen molar-refractivity contribution in [3.63, 3.8) is 0 Å². The fourth-order valence-corrected chi connectivity index (χ4v) is 4.54. The third kappa shape index (κ3) is 10.5. The van der Waals surface area contributed by atoms with Crippen molar-refractivity contribution in [1.29, 1.82) is 0 Å². The molecule has 2 aromatic carbocycles. The van der Waals surface area contributed by atoms with Crippen molar-refractivity contribution in [2.75, 3.05) is 6.54 Å². The van der Waals surface area contributed by atoms with Crippen molar-refractivity contribution in [3.05, 3.63) is 95.0 Å². The summed E-state index contributed by atoms with van der Waals surface area (Å²) in [4.78, 5) is 72.6. The SMILES string of the molecule is CC(C)C(NC(=O)C(NC(=O)C(Cc1cccc(Cl)c1)NC(=O)c1cncnc1)c1ccccc1)C(=O)C(F)(F)C(=O)NCC(F)(F)F. The van der Waals surface area contributed by atoms with Crippen molar-refractivity contribution in [1.82, 2.24) is 31.2 Å². The molecule has 4 N–H and O–H groups in total. The molecule has 3 aromatic rings. The Hall–Kier alpha value is -4.99. The van der Waals surface area contributed by atoms with Gasteiger partial charge in [-0.15, -0.1) is 0 Å². The maximum Gasteiger partial charge on any atom is 0.405 e. The van der Waals surface area contributed by atoms with Crippen molar-refractivity contribution in [2.24, 2.45) is 5.92 Å². The molecular formula is C31H30ClF5N6O5. The molecule has 0 aliphatic carbocycles. The molecular weight excluding hydrogens is 667 g/mol. The highest BCUT2D eigenvalue weighted by Gasteiger charge is 2.52. The highest BCUT2D eigenvalue weighted by Crippen LogP contribution is 2.23. The molecule has 0 radical (unpaired) electrons. The van der Waals surface area contributed by atoms with E-state index in [1.807, 2.05) is 0 Å². The summed E-state index contributed by atoms with van der Waals surface area (Å²) in [5.74, 6) is -13.5. The predicted molar refractivity (Wildman–Crippen MR) is 162 cm³/mol. The number of nitrogens with zero attached hydrogens (tertiary/aromatic N) is 2. The molecule has 48 heavy (non-hydrogen) atoms. The van der Waals surface area contributed by atoms with Gasteiger partial charge in [-0.3, -0.25) is 24.0 Å². The fourth-order valence-electron chi connectivity index (χ4n) is 4.33. The van der Waals surface area contributed by atoms with Crippen LogP contribution in [0, 0.1) is 5.92 Å². The molecule has 3 rings (SSSR count). The lowest BCUT2D eigenvalue weighted by Crippen LogP contribution is -2.58. The first kappa shape index (κ1) is 37.5. The van der Waals surface area contributed by atoms with Gasteiger partial charge in [-0.1, -0.05) is 67.9 Å². The highest BCUT2D eigenvalue weighted by molar-refractivity contribution is 6.30. The Morgan fingerprint density at radius 1 is 0.833 bits per heavy atom. The van der Waals surface area contributed by atoms with Gasteiger partial charge in [-0.25, -0.2) is 9.97 Å². The Morgan fingerprint density at radius 3 is 2.06 bits per heavy atom. The number of nitrogens with one attached hydrogen (secondary N) is 4. The van der Waals surface area contributed by atoms with Gasteiger partial charge in [0.1, 0.15) is 25.0 Å². The van der Waals surface area contributed by atoms with Crippen LogP contribution in [-0.2, 0) is 25.6 Å². The number of hydrogen-bond donors (Lipinski definition) is 4. The van der Waals surface area contributed by atoms with E-state index in [0.717, 1.165) is 5.32 Å². The van der Waals surface area contributed by atoms with Crippen LogP contribution in [0.15, 0.2) is 73.3 Å². The third-order valence-corrected chi connectivity index (χ3v) is 6.98. The van der Waals surface area contributed by atoms with Crippen LogP contribution in [0.25, 0.3) is 0 Å². The van der Waals surface area contributed by atoms with Crippen LogP contribution in [0.2, 0.25) is 5.02 Å². The topological polar surface area (TPSA) is 159 Å². The standard InChI is InChI=1S/C31H30ClF5N6O5/c1-17(2)23(25(44)31(36,37)29(48)40-15-30(33,34)35)42-28(47)24(19-8-4-3-5-9-19)43-27(46)22(12-18-7-6-10-21(32)11-18)41-26(45)20-13-38-16-39-14-20/h3-11,13-14,16-17,22-24H,12,15H2,1-2H3,(H,40,48)(H,41,45)(H,42,47)(H,43,46). The lowest BCUT2D eigenvalue weighted by atomic mass is 9.94. The average Bonchev–Trinajstić information content (AvgIpc) is 3.04. The van der Waals surface area contributed by atoms with Gasteiger partial charge < -0.3 is 21.3 Å². The van der Waals surface area contributed by atoms with Gasteiger partial charge in [0.05, 0.1) is 11.6 Å². The summed E-state index contributed by atoms with van der Waals surface area (Å²) in [5, 5.41) is 8.44. The van der Waals surface area contributed by atoms with E-state index in [2.05, 4.69) is 25.9 Å². The van der Waals surface area contributed by atoms with Gasteiger partial charge >= 0.3 is 12.1 Å². The molecule has 256 valence electrons. The minimum atomic E-state index is -5.03. The summed E-state index contributed by atoms with van der Waals surface area (Å²) < 4.78 is 67.1. The van der Waals surface area contributed by atoms with Gasteiger partial charge in [0.2, 0.25) is 17.6 Å². The smallest absolute Gasteiger partial charge is 0.344 e. The zero-order valence-corrected chi connectivity index (χ0v) is 26.1. The van der Waals surface area contributed by atoms with Crippen LogP contribution in [0.4, 0.5) is 22.0 Å². The van der Waals surface area contributed by atoms with Gasteiger partial charge in [-0.2, -0.15) is 22.0 Å². The van der Waals surface area contributed by atoms with Gasteiger partial charge in [0, 0.05) is 23.8 Å². The van der Waals surface area contributed by atoms with E-state index in [1.54, 1.807) is 30.3 Å². The molecule has 0 saturated heterocycles. The molecule has 1 aromatic heterocycles. The lowest BCUT2D eigenvalue weighted by Gasteiger charge is -2.28. The molecule has 0 fully saturated rings. The molecule has 1 heterocycles. The number of hydrogen-bond acceptors (Lipinski definition) is 7. The summed E-state index contributed by atoms with van der Waals surface area (Å²) >= 11 is 6.09. The van der Waals surface area contributed by atoms with Gasteiger partial charge in [0.15, 0.2) is 0 Å². The number of carbonyl (C=O) groups is 5. The number of aromatic nitrogens is 2. The van der Waals surface area contributed by atoms with Crippen LogP contribution in [-0.4, -0.2) is 70.1 Å². The van der Waals surface area contributed by atoms with Crippen LogP contribution in [0.1, 0.15) is 41.4 Å². The summed E-state index contributed by atoms with van der Waals surface area (Å²) in [6, 6.07) is 8.76. The molecule has 0 aliphatic heterocycles. The van der Waals surface area contributed by atoms with Crippen molar-refractivity contribution < 1.29 is 45.9 Å². The third-order valence-electron chi connectivity index (χ3n) is 6.75. The Kier molecular flexibility index (Phi) is 12.7. The molecule has 0 bridgehead atoms. The summed E-state index contributed by atoms with van der Waals surface area (Å²) in [5.41, 5.74) is 0.666. The molecule has 11 nitrogen and oxygen atoms in total.